The zero-order chi connectivity index (χ0) is 33.9. The molecule has 1 fully saturated rings. The summed E-state index contributed by atoms with van der Waals surface area (Å²) >= 11 is 0. The van der Waals surface area contributed by atoms with Crippen LogP contribution in [0.2, 0.25) is 0 Å². The number of nitrogens with two attached hydrogens (primary N) is 1. The third-order valence-electron chi connectivity index (χ3n) is 7.65. The average molecular weight is 675 g/mol. The Bertz CT molecular complexity index is 1610. The molecule has 1 aliphatic heterocycles. The van der Waals surface area contributed by atoms with Crippen LogP contribution in [0.1, 0.15) is 46.3 Å². The van der Waals surface area contributed by atoms with Crippen molar-refractivity contribution in [3.8, 4) is 5.75 Å². The molecule has 8 nitrogen and oxygen atoms in total. The van der Waals surface area contributed by atoms with E-state index >= 15 is 0 Å². The van der Waals surface area contributed by atoms with Crippen molar-refractivity contribution in [3.63, 3.8) is 0 Å². The van der Waals surface area contributed by atoms with Crippen molar-refractivity contribution >= 4 is 21.4 Å². The van der Waals surface area contributed by atoms with Gasteiger partial charge in [-0.2, -0.15) is 26.3 Å². The summed E-state index contributed by atoms with van der Waals surface area (Å²) in [5.41, 5.74) is 6.04. The van der Waals surface area contributed by atoms with Crippen LogP contribution in [0.3, 0.4) is 0 Å². The molecular formula is C31H32F6N2O6S. The summed E-state index contributed by atoms with van der Waals surface area (Å²) in [6.45, 7) is -0.755. The van der Waals surface area contributed by atoms with Crippen LogP contribution >= 0.6 is 0 Å². The number of primary amides is 1. The molecule has 3 N–H and O–H groups in total. The molecule has 250 valence electrons. The Labute approximate surface area is 261 Å². The van der Waals surface area contributed by atoms with Crippen LogP contribution in [-0.4, -0.2) is 69.9 Å². The fourth-order valence-electron chi connectivity index (χ4n) is 5.36. The highest BCUT2D eigenvalue weighted by atomic mass is 32.2. The zero-order valence-corrected chi connectivity index (χ0v) is 25.3. The van der Waals surface area contributed by atoms with E-state index in [2.05, 4.69) is 0 Å². The van der Waals surface area contributed by atoms with Gasteiger partial charge in [-0.15, -0.1) is 0 Å². The molecule has 0 bridgehead atoms. The Kier molecular flexibility index (Phi) is 10.6. The summed E-state index contributed by atoms with van der Waals surface area (Å²) in [7, 11) is -3.50. The molecule has 1 heterocycles. The van der Waals surface area contributed by atoms with Crippen molar-refractivity contribution in [2.45, 2.75) is 48.7 Å². The topological polar surface area (TPSA) is 119 Å². The van der Waals surface area contributed by atoms with Crippen molar-refractivity contribution in [2.75, 3.05) is 37.0 Å². The monoisotopic (exact) mass is 674 g/mol. The second kappa shape index (κ2) is 13.9. The molecule has 0 aromatic heterocycles. The Hall–Kier alpha value is -3.82. The van der Waals surface area contributed by atoms with E-state index in [0.717, 1.165) is 24.3 Å². The highest BCUT2D eigenvalue weighted by Crippen LogP contribution is 2.36. The molecule has 0 saturated carbocycles. The van der Waals surface area contributed by atoms with Crippen LogP contribution in [0, 0.1) is 0 Å². The summed E-state index contributed by atoms with van der Waals surface area (Å²) in [6.07, 6.45) is -9.61. The number of halogens is 6. The van der Waals surface area contributed by atoms with Crippen LogP contribution in [0.25, 0.3) is 0 Å². The molecular weight excluding hydrogens is 642 g/mol. The molecule has 0 unspecified atom stereocenters. The molecule has 1 aliphatic rings. The maximum absolute atomic E-state index is 13.0. The molecule has 3 aromatic carbocycles. The molecule has 0 spiro atoms. The Balaban J connectivity index is 1.66. The first kappa shape index (κ1) is 35.0. The minimum atomic E-state index is -4.57. The lowest BCUT2D eigenvalue weighted by molar-refractivity contribution is -0.174. The number of nitrogens with zero attached hydrogens (tertiary/aromatic N) is 1. The molecule has 3 atom stereocenters. The second-order valence-corrected chi connectivity index (χ2v) is 13.1. The maximum Gasteiger partial charge on any atom is 0.416 e. The number of aliphatic hydroxyl groups excluding tert-OH is 1. The number of carbonyl (C=O) groups is 1. The number of alkyl halides is 6. The average Bonchev–Trinajstić information content (AvgIpc) is 3.39. The van der Waals surface area contributed by atoms with Gasteiger partial charge in [-0.3, -0.25) is 4.79 Å². The fraction of sp³-hybridized carbons (Fsp3) is 0.387. The number of rotatable bonds is 12. The Morgan fingerprint density at radius 1 is 1.02 bits per heavy atom. The van der Waals surface area contributed by atoms with E-state index in [9.17, 15) is 44.7 Å². The number of carbonyl (C=O) groups excluding carboxylic acids is 1. The van der Waals surface area contributed by atoms with Gasteiger partial charge in [-0.25, -0.2) is 8.42 Å². The van der Waals surface area contributed by atoms with E-state index in [1.54, 1.807) is 11.0 Å². The van der Waals surface area contributed by atoms with Gasteiger partial charge in [0.1, 0.15) is 18.5 Å². The number of anilines is 1. The number of ether oxygens (including phenoxy) is 2. The minimum Gasteiger partial charge on any atom is -0.489 e. The fourth-order valence-corrected chi connectivity index (χ4v) is 6.24. The first-order valence-corrected chi connectivity index (χ1v) is 15.8. The lowest BCUT2D eigenvalue weighted by atomic mass is 9.88. The van der Waals surface area contributed by atoms with E-state index in [1.165, 1.54) is 43.3 Å². The molecule has 15 heteroatoms. The van der Waals surface area contributed by atoms with Gasteiger partial charge in [0.2, 0.25) is 5.91 Å². The van der Waals surface area contributed by atoms with Crippen LogP contribution < -0.4 is 15.4 Å². The summed E-state index contributed by atoms with van der Waals surface area (Å²) in [6, 6.07) is 13.7. The highest BCUT2D eigenvalue weighted by Gasteiger charge is 2.37. The van der Waals surface area contributed by atoms with Gasteiger partial charge >= 0.3 is 12.4 Å². The van der Waals surface area contributed by atoms with E-state index < -0.39 is 64.9 Å². The van der Waals surface area contributed by atoms with Gasteiger partial charge in [-0.05, 0) is 65.7 Å². The third-order valence-corrected chi connectivity index (χ3v) is 9.40. The van der Waals surface area contributed by atoms with Crippen molar-refractivity contribution in [3.05, 3.63) is 89.0 Å². The van der Waals surface area contributed by atoms with Crippen molar-refractivity contribution in [1.29, 1.82) is 0 Å². The van der Waals surface area contributed by atoms with Crippen LogP contribution in [-0.2, 0) is 20.8 Å². The number of benzene rings is 3. The quantitative estimate of drug-likeness (QED) is 0.250. The van der Waals surface area contributed by atoms with E-state index in [0.29, 0.717) is 16.8 Å². The van der Waals surface area contributed by atoms with Crippen molar-refractivity contribution in [1.82, 2.24) is 0 Å². The largest absolute Gasteiger partial charge is 0.489 e. The van der Waals surface area contributed by atoms with Crippen molar-refractivity contribution < 1.29 is 54.1 Å². The molecule has 1 saturated heterocycles. The number of aliphatic hydroxyl groups is 1. The highest BCUT2D eigenvalue weighted by molar-refractivity contribution is 7.91. The molecule has 46 heavy (non-hydrogen) atoms. The third kappa shape index (κ3) is 8.50. The number of amides is 1. The lowest BCUT2D eigenvalue weighted by Crippen LogP contribution is -2.35. The molecule has 3 aromatic rings. The molecule has 1 amide bonds. The van der Waals surface area contributed by atoms with Crippen LogP contribution in [0.15, 0.2) is 71.6 Å². The van der Waals surface area contributed by atoms with Crippen molar-refractivity contribution in [2.24, 2.45) is 5.73 Å². The summed E-state index contributed by atoms with van der Waals surface area (Å²) in [5.74, 6) is -1.62. The van der Waals surface area contributed by atoms with E-state index in [1.807, 2.05) is 0 Å². The van der Waals surface area contributed by atoms with Gasteiger partial charge in [0.05, 0.1) is 42.0 Å². The van der Waals surface area contributed by atoms with E-state index in [4.69, 9.17) is 15.2 Å². The lowest BCUT2D eigenvalue weighted by Gasteiger charge is -2.28. The van der Waals surface area contributed by atoms with Gasteiger partial charge in [0.25, 0.3) is 0 Å². The summed E-state index contributed by atoms with van der Waals surface area (Å²) < 4.78 is 113. The second-order valence-electron chi connectivity index (χ2n) is 10.8. The molecule has 0 radical (unpaired) electrons. The van der Waals surface area contributed by atoms with Gasteiger partial charge < -0.3 is 25.2 Å². The summed E-state index contributed by atoms with van der Waals surface area (Å²) in [5, 5.41) is 10.4. The van der Waals surface area contributed by atoms with Crippen LogP contribution in [0.5, 0.6) is 5.75 Å². The predicted octanol–water partition coefficient (Wildman–Crippen LogP) is 5.33. The Morgan fingerprint density at radius 2 is 1.67 bits per heavy atom. The number of hydrogen-bond acceptors (Lipinski definition) is 7. The smallest absolute Gasteiger partial charge is 0.416 e. The van der Waals surface area contributed by atoms with Crippen LogP contribution in [0.4, 0.5) is 32.0 Å². The SMILES string of the molecule is CCS(=O)(=O)c1ccc([C@@H](CO)c2cc(N3C[C@H](Oc4ccc(C(F)(F)F)cc4)C[C@H]3COCC(F)(F)F)ccc2C(N)=O)cc1. The predicted molar refractivity (Wildman–Crippen MR) is 157 cm³/mol. The standard InChI is InChI=1S/C31H32F6N2O6S/c1-2-46(42,43)25-10-3-19(4-11-25)28(16-40)27-14-21(7-12-26(27)29(38)41)39-15-24(13-22(39)17-44-18-30(32,33)34)45-23-8-5-20(6-9-23)31(35,36)37/h3-12,14,22,24,28,40H,2,13,15-18H2,1H3,(H2,38,41)/t22-,24+,28+/m0/s1. The zero-order valence-electron chi connectivity index (χ0n) is 24.5. The van der Waals surface area contributed by atoms with Gasteiger partial charge in [-0.1, -0.05) is 19.1 Å². The number of hydrogen-bond donors (Lipinski definition) is 2. The first-order valence-electron chi connectivity index (χ1n) is 14.1. The van der Waals surface area contributed by atoms with Gasteiger partial charge in [0.15, 0.2) is 9.84 Å². The summed E-state index contributed by atoms with van der Waals surface area (Å²) in [4.78, 5) is 14.2. The number of sulfone groups is 1. The minimum absolute atomic E-state index is 0.0645. The van der Waals surface area contributed by atoms with E-state index in [-0.39, 0.29) is 41.5 Å². The first-order chi connectivity index (χ1) is 21.5. The Morgan fingerprint density at radius 3 is 2.22 bits per heavy atom. The van der Waals surface area contributed by atoms with Gasteiger partial charge in [0, 0.05) is 23.6 Å². The normalized spacial score (nSPS) is 18.0. The molecule has 4 rings (SSSR count). The molecule has 0 aliphatic carbocycles. The maximum atomic E-state index is 13.0.